The third kappa shape index (κ3) is 8.56. The van der Waals surface area contributed by atoms with Gasteiger partial charge in [-0.3, -0.25) is 4.79 Å². The smallest absolute Gasteiger partial charge is 0.343 e. The number of carbonyl (C=O) groups excluding carboxylic acids is 3. The highest BCUT2D eigenvalue weighted by atomic mass is 35.5. The summed E-state index contributed by atoms with van der Waals surface area (Å²) >= 11 is 17.7. The number of carbonyl (C=O) groups is 3. The zero-order valence-electron chi connectivity index (χ0n) is 21.3. The van der Waals surface area contributed by atoms with E-state index in [2.05, 4.69) is 10.5 Å². The van der Waals surface area contributed by atoms with E-state index in [4.69, 9.17) is 49.0 Å². The molecule has 0 bridgehead atoms. The molecule has 0 aromatic heterocycles. The summed E-state index contributed by atoms with van der Waals surface area (Å²) in [4.78, 5) is 37.9. The van der Waals surface area contributed by atoms with E-state index in [1.807, 2.05) is 0 Å². The molecule has 0 heterocycles. The Bertz CT molecular complexity index is 1570. The van der Waals surface area contributed by atoms with E-state index >= 15 is 0 Å². The Morgan fingerprint density at radius 1 is 0.707 bits per heavy atom. The first-order chi connectivity index (χ1) is 19.7. The number of amides is 1. The number of esters is 2. The second-order valence-electron chi connectivity index (χ2n) is 8.44. The predicted molar refractivity (Wildman–Crippen MR) is 157 cm³/mol. The van der Waals surface area contributed by atoms with Gasteiger partial charge >= 0.3 is 11.9 Å². The topological polar surface area (TPSA) is 103 Å². The number of ether oxygens (including phenoxy) is 3. The number of benzene rings is 4. The van der Waals surface area contributed by atoms with Gasteiger partial charge in [-0.25, -0.2) is 15.0 Å². The molecule has 0 aliphatic carbocycles. The van der Waals surface area contributed by atoms with Gasteiger partial charge < -0.3 is 14.2 Å². The second kappa shape index (κ2) is 13.8. The summed E-state index contributed by atoms with van der Waals surface area (Å²) in [5, 5.41) is 5.43. The molecule has 0 fully saturated rings. The summed E-state index contributed by atoms with van der Waals surface area (Å²) in [6.07, 6.45) is 0.410. The summed E-state index contributed by atoms with van der Waals surface area (Å²) in [5.74, 6) is -1.26. The number of hydrogen-bond donors (Lipinski definition) is 1. The van der Waals surface area contributed by atoms with Crippen molar-refractivity contribution < 1.29 is 28.6 Å². The Morgan fingerprint density at radius 3 is 1.76 bits per heavy atom. The number of hydrogen-bond acceptors (Lipinski definition) is 7. The number of halogens is 3. The van der Waals surface area contributed by atoms with Crippen LogP contribution in [0.5, 0.6) is 17.2 Å². The summed E-state index contributed by atoms with van der Waals surface area (Å²) in [6.45, 7) is 1.56. The Labute approximate surface area is 250 Å². The van der Waals surface area contributed by atoms with Crippen molar-refractivity contribution in [2.24, 2.45) is 5.10 Å². The van der Waals surface area contributed by atoms with E-state index in [-0.39, 0.29) is 22.6 Å². The zero-order chi connectivity index (χ0) is 29.4. The maximum absolute atomic E-state index is 12.8. The van der Waals surface area contributed by atoms with Crippen LogP contribution in [0.1, 0.15) is 33.2 Å². The van der Waals surface area contributed by atoms with Gasteiger partial charge in [0.25, 0.3) is 5.91 Å². The molecule has 0 aliphatic rings. The zero-order valence-corrected chi connectivity index (χ0v) is 23.6. The van der Waals surface area contributed by atoms with Gasteiger partial charge in [0.15, 0.2) is 6.10 Å². The minimum absolute atomic E-state index is 0.0230. The second-order valence-corrected chi connectivity index (χ2v) is 9.75. The van der Waals surface area contributed by atoms with E-state index in [9.17, 15) is 14.4 Å². The van der Waals surface area contributed by atoms with Gasteiger partial charge in [0.05, 0.1) is 17.3 Å². The first-order valence-electron chi connectivity index (χ1n) is 12.0. The molecule has 0 radical (unpaired) electrons. The molecular formula is C30H21Cl3N2O6. The molecular weight excluding hydrogens is 591 g/mol. The van der Waals surface area contributed by atoms with Gasteiger partial charge in [0, 0.05) is 26.7 Å². The highest BCUT2D eigenvalue weighted by Crippen LogP contribution is 2.26. The molecule has 0 spiro atoms. The van der Waals surface area contributed by atoms with Crippen molar-refractivity contribution in [3.8, 4) is 17.2 Å². The lowest BCUT2D eigenvalue weighted by Crippen LogP contribution is -2.33. The fourth-order valence-corrected chi connectivity index (χ4v) is 3.68. The van der Waals surface area contributed by atoms with Crippen LogP contribution < -0.4 is 19.6 Å². The van der Waals surface area contributed by atoms with E-state index < -0.39 is 23.9 Å². The Morgan fingerprint density at radius 2 is 1.20 bits per heavy atom. The number of hydrazone groups is 1. The van der Waals surface area contributed by atoms with Crippen molar-refractivity contribution >= 4 is 58.9 Å². The highest BCUT2D eigenvalue weighted by molar-refractivity contribution is 6.31. The molecule has 1 N–H and O–H groups in total. The van der Waals surface area contributed by atoms with E-state index in [1.165, 1.54) is 48.7 Å². The molecule has 4 aromatic carbocycles. The lowest BCUT2D eigenvalue weighted by atomic mass is 10.2. The Hall–Kier alpha value is -4.37. The van der Waals surface area contributed by atoms with Gasteiger partial charge in [-0.15, -0.1) is 0 Å². The van der Waals surface area contributed by atoms with Crippen molar-refractivity contribution in [3.63, 3.8) is 0 Å². The van der Waals surface area contributed by atoms with Crippen LogP contribution in [-0.4, -0.2) is 30.2 Å². The molecule has 208 valence electrons. The molecule has 1 amide bonds. The van der Waals surface area contributed by atoms with Crippen LogP contribution in [0.4, 0.5) is 0 Å². The van der Waals surface area contributed by atoms with Crippen molar-refractivity contribution in [3.05, 3.63) is 123 Å². The van der Waals surface area contributed by atoms with Gasteiger partial charge in [-0.2, -0.15) is 5.10 Å². The molecule has 41 heavy (non-hydrogen) atoms. The standard InChI is InChI=1S/C30H21Cl3N2O6/c1-18(39-25-14-11-24(33)12-15-25)28(36)35-34-17-21-6-13-26(40-29(37)19-2-7-22(31)8-3-19)16-27(21)41-30(38)20-4-9-23(32)10-5-20/h2-18H,1H3,(H,35,36)/b34-17-/t18-/m0/s1. The van der Waals surface area contributed by atoms with E-state index in [1.54, 1.807) is 55.5 Å². The van der Waals surface area contributed by atoms with Crippen molar-refractivity contribution in [1.29, 1.82) is 0 Å². The van der Waals surface area contributed by atoms with Crippen molar-refractivity contribution in [2.45, 2.75) is 13.0 Å². The van der Waals surface area contributed by atoms with Crippen molar-refractivity contribution in [2.75, 3.05) is 0 Å². The lowest BCUT2D eigenvalue weighted by Gasteiger charge is -2.13. The molecule has 0 saturated heterocycles. The van der Waals surface area contributed by atoms with Crippen LogP contribution in [0.25, 0.3) is 0 Å². The summed E-state index contributed by atoms with van der Waals surface area (Å²) in [6, 6.07) is 23.2. The molecule has 4 aromatic rings. The summed E-state index contributed by atoms with van der Waals surface area (Å²) in [5.41, 5.74) is 3.21. The van der Waals surface area contributed by atoms with Gasteiger partial charge in [0.2, 0.25) is 0 Å². The van der Waals surface area contributed by atoms with Crippen LogP contribution >= 0.6 is 34.8 Å². The first kappa shape index (κ1) is 29.6. The van der Waals surface area contributed by atoms with Gasteiger partial charge in [-0.1, -0.05) is 34.8 Å². The Balaban J connectivity index is 1.50. The van der Waals surface area contributed by atoms with E-state index in [0.717, 1.165) is 0 Å². The lowest BCUT2D eigenvalue weighted by molar-refractivity contribution is -0.127. The maximum atomic E-state index is 12.8. The average molecular weight is 612 g/mol. The fraction of sp³-hybridized carbons (Fsp3) is 0.0667. The van der Waals surface area contributed by atoms with Crippen LogP contribution in [0.15, 0.2) is 96.1 Å². The number of rotatable bonds is 9. The molecule has 0 saturated carbocycles. The average Bonchev–Trinajstić information content (AvgIpc) is 2.96. The Kier molecular flexibility index (Phi) is 9.97. The first-order valence-corrected chi connectivity index (χ1v) is 13.2. The molecule has 1 atom stereocenters. The minimum atomic E-state index is -0.870. The molecule has 8 nitrogen and oxygen atoms in total. The van der Waals surface area contributed by atoms with Crippen molar-refractivity contribution in [1.82, 2.24) is 5.43 Å². The minimum Gasteiger partial charge on any atom is -0.481 e. The molecule has 0 unspecified atom stereocenters. The normalized spacial score (nSPS) is 11.5. The third-order valence-corrected chi connectivity index (χ3v) is 6.19. The van der Waals surface area contributed by atoms with Gasteiger partial charge in [0.1, 0.15) is 17.2 Å². The predicted octanol–water partition coefficient (Wildman–Crippen LogP) is 7.00. The summed E-state index contributed by atoms with van der Waals surface area (Å²) < 4.78 is 16.6. The largest absolute Gasteiger partial charge is 0.481 e. The third-order valence-electron chi connectivity index (χ3n) is 5.43. The summed E-state index contributed by atoms with van der Waals surface area (Å²) in [7, 11) is 0. The SMILES string of the molecule is C[C@H](Oc1ccc(Cl)cc1)C(=O)N/N=C\c1ccc(OC(=O)c2ccc(Cl)cc2)cc1OC(=O)c1ccc(Cl)cc1. The highest BCUT2D eigenvalue weighted by Gasteiger charge is 2.16. The molecule has 11 heteroatoms. The number of nitrogens with one attached hydrogen (secondary N) is 1. The van der Waals surface area contributed by atoms with Crippen LogP contribution in [0.3, 0.4) is 0 Å². The number of nitrogens with zero attached hydrogens (tertiary/aromatic N) is 1. The molecule has 4 rings (SSSR count). The van der Waals surface area contributed by atoms with Gasteiger partial charge in [-0.05, 0) is 91.9 Å². The fourth-order valence-electron chi connectivity index (χ4n) is 3.30. The van der Waals surface area contributed by atoms with Crippen LogP contribution in [-0.2, 0) is 4.79 Å². The maximum Gasteiger partial charge on any atom is 0.343 e. The van der Waals surface area contributed by atoms with Crippen LogP contribution in [0.2, 0.25) is 15.1 Å². The quantitative estimate of drug-likeness (QED) is 0.0946. The van der Waals surface area contributed by atoms with E-state index in [0.29, 0.717) is 26.4 Å². The molecule has 0 aliphatic heterocycles. The monoisotopic (exact) mass is 610 g/mol. The van der Waals surface area contributed by atoms with Crippen LogP contribution in [0, 0.1) is 0 Å².